The van der Waals surface area contributed by atoms with Crippen LogP contribution in [-0.4, -0.2) is 36.3 Å². The van der Waals surface area contributed by atoms with E-state index in [1.54, 1.807) is 0 Å². The maximum absolute atomic E-state index is 10.1. The Morgan fingerprint density at radius 3 is 2.59 bits per heavy atom. The zero-order valence-corrected chi connectivity index (χ0v) is 13.8. The van der Waals surface area contributed by atoms with Crippen LogP contribution >= 0.6 is 11.6 Å². The second-order valence-electron chi connectivity index (χ2n) is 5.60. The van der Waals surface area contributed by atoms with Gasteiger partial charge in [-0.2, -0.15) is 0 Å². The number of rotatable bonds is 7. The van der Waals surface area contributed by atoms with Crippen LogP contribution < -0.4 is 4.74 Å². The summed E-state index contributed by atoms with van der Waals surface area (Å²) in [6, 6.07) is 15.6. The molecule has 0 radical (unpaired) electrons. The van der Waals surface area contributed by atoms with Gasteiger partial charge < -0.3 is 9.84 Å². The Balaban J connectivity index is 1.76. The van der Waals surface area contributed by atoms with Gasteiger partial charge in [0.15, 0.2) is 0 Å². The first-order valence-corrected chi connectivity index (χ1v) is 7.71. The predicted molar refractivity (Wildman–Crippen MR) is 90.5 cm³/mol. The normalized spacial score (nSPS) is 12.4. The molecule has 2 aromatic rings. The third-order valence-electron chi connectivity index (χ3n) is 3.32. The van der Waals surface area contributed by atoms with Gasteiger partial charge >= 0.3 is 0 Å². The van der Waals surface area contributed by atoms with E-state index in [1.165, 1.54) is 5.56 Å². The predicted octanol–water partition coefficient (Wildman–Crippen LogP) is 3.52. The maximum atomic E-state index is 10.1. The van der Waals surface area contributed by atoms with Crippen molar-refractivity contribution in [3.8, 4) is 5.75 Å². The van der Waals surface area contributed by atoms with Gasteiger partial charge in [-0.25, -0.2) is 0 Å². The minimum absolute atomic E-state index is 0.286. The van der Waals surface area contributed by atoms with Crippen LogP contribution in [-0.2, 0) is 6.54 Å². The molecule has 22 heavy (non-hydrogen) atoms. The summed E-state index contributed by atoms with van der Waals surface area (Å²) >= 11 is 5.87. The SMILES string of the molecule is Cc1cccc(OCC(O)CN(C)Cc2ccc(Cl)cc2)c1. The minimum atomic E-state index is -0.530. The molecular weight excluding hydrogens is 298 g/mol. The van der Waals surface area contributed by atoms with Crippen LogP contribution in [0.2, 0.25) is 5.02 Å². The van der Waals surface area contributed by atoms with E-state index in [1.807, 2.05) is 62.5 Å². The highest BCUT2D eigenvalue weighted by Crippen LogP contribution is 2.13. The van der Waals surface area contributed by atoms with Crippen molar-refractivity contribution in [3.05, 3.63) is 64.7 Å². The molecule has 1 atom stereocenters. The molecule has 0 aliphatic carbocycles. The Bertz CT molecular complexity index is 586. The van der Waals surface area contributed by atoms with Crippen molar-refractivity contribution in [2.75, 3.05) is 20.2 Å². The second-order valence-corrected chi connectivity index (χ2v) is 6.04. The van der Waals surface area contributed by atoms with Gasteiger partial charge in [0.25, 0.3) is 0 Å². The van der Waals surface area contributed by atoms with E-state index in [2.05, 4.69) is 4.90 Å². The van der Waals surface area contributed by atoms with E-state index < -0.39 is 6.10 Å². The summed E-state index contributed by atoms with van der Waals surface area (Å²) in [6.45, 7) is 3.62. The molecule has 0 aliphatic rings. The first-order valence-electron chi connectivity index (χ1n) is 7.33. The lowest BCUT2D eigenvalue weighted by molar-refractivity contribution is 0.0744. The summed E-state index contributed by atoms with van der Waals surface area (Å²) in [7, 11) is 1.98. The Morgan fingerprint density at radius 1 is 1.18 bits per heavy atom. The smallest absolute Gasteiger partial charge is 0.119 e. The number of hydrogen-bond donors (Lipinski definition) is 1. The Hall–Kier alpha value is -1.55. The number of likely N-dealkylation sites (N-methyl/N-ethyl adjacent to an activating group) is 1. The number of halogens is 1. The molecule has 0 fully saturated rings. The summed E-state index contributed by atoms with van der Waals surface area (Å²) in [5.41, 5.74) is 2.31. The second kappa shape index (κ2) is 8.18. The molecule has 1 unspecified atom stereocenters. The molecule has 0 bridgehead atoms. The monoisotopic (exact) mass is 319 g/mol. The topological polar surface area (TPSA) is 32.7 Å². The largest absolute Gasteiger partial charge is 0.491 e. The number of aliphatic hydroxyl groups is 1. The highest BCUT2D eigenvalue weighted by atomic mass is 35.5. The van der Waals surface area contributed by atoms with E-state index in [4.69, 9.17) is 16.3 Å². The summed E-state index contributed by atoms with van der Waals surface area (Å²) in [4.78, 5) is 2.06. The van der Waals surface area contributed by atoms with Crippen molar-refractivity contribution < 1.29 is 9.84 Å². The first-order chi connectivity index (χ1) is 10.5. The lowest BCUT2D eigenvalue weighted by Crippen LogP contribution is -2.32. The molecule has 118 valence electrons. The molecule has 0 aromatic heterocycles. The summed E-state index contributed by atoms with van der Waals surface area (Å²) in [5, 5.41) is 10.8. The van der Waals surface area contributed by atoms with Crippen LogP contribution in [0, 0.1) is 6.92 Å². The van der Waals surface area contributed by atoms with Crippen molar-refractivity contribution in [3.63, 3.8) is 0 Å². The summed E-state index contributed by atoms with van der Waals surface area (Å²) in [5.74, 6) is 0.791. The molecule has 0 spiro atoms. The van der Waals surface area contributed by atoms with Gasteiger partial charge in [-0.05, 0) is 49.4 Å². The Labute approximate surface area is 137 Å². The third kappa shape index (κ3) is 5.68. The fraction of sp³-hybridized carbons (Fsp3) is 0.333. The van der Waals surface area contributed by atoms with Crippen molar-refractivity contribution in [1.82, 2.24) is 4.90 Å². The first kappa shape index (κ1) is 16.8. The number of benzene rings is 2. The van der Waals surface area contributed by atoms with E-state index in [9.17, 15) is 5.11 Å². The fourth-order valence-corrected chi connectivity index (χ4v) is 2.40. The zero-order chi connectivity index (χ0) is 15.9. The van der Waals surface area contributed by atoms with Crippen LogP contribution in [0.1, 0.15) is 11.1 Å². The van der Waals surface area contributed by atoms with Crippen molar-refractivity contribution in [1.29, 1.82) is 0 Å². The fourth-order valence-electron chi connectivity index (χ4n) is 2.28. The van der Waals surface area contributed by atoms with Crippen molar-refractivity contribution in [2.45, 2.75) is 19.6 Å². The summed E-state index contributed by atoms with van der Waals surface area (Å²) in [6.07, 6.45) is -0.530. The lowest BCUT2D eigenvalue weighted by atomic mass is 10.2. The molecule has 0 aliphatic heterocycles. The molecule has 1 N–H and O–H groups in total. The number of ether oxygens (including phenoxy) is 1. The molecular formula is C18H22ClNO2. The van der Waals surface area contributed by atoms with Crippen molar-refractivity contribution >= 4 is 11.6 Å². The van der Waals surface area contributed by atoms with Crippen LogP contribution in [0.15, 0.2) is 48.5 Å². The molecule has 2 aromatic carbocycles. The van der Waals surface area contributed by atoms with E-state index in [-0.39, 0.29) is 6.61 Å². The molecule has 2 rings (SSSR count). The Morgan fingerprint density at radius 2 is 1.91 bits per heavy atom. The van der Waals surface area contributed by atoms with Crippen molar-refractivity contribution in [2.24, 2.45) is 0 Å². The molecule has 0 saturated heterocycles. The Kier molecular flexibility index (Phi) is 6.25. The average molecular weight is 320 g/mol. The molecule has 0 amide bonds. The maximum Gasteiger partial charge on any atom is 0.119 e. The molecule has 4 heteroatoms. The number of aliphatic hydroxyl groups excluding tert-OH is 1. The highest BCUT2D eigenvalue weighted by molar-refractivity contribution is 6.30. The van der Waals surface area contributed by atoms with Gasteiger partial charge in [-0.3, -0.25) is 4.90 Å². The van der Waals surface area contributed by atoms with Gasteiger partial charge in [-0.15, -0.1) is 0 Å². The minimum Gasteiger partial charge on any atom is -0.491 e. The van der Waals surface area contributed by atoms with Gasteiger partial charge in [0.2, 0.25) is 0 Å². The van der Waals surface area contributed by atoms with Gasteiger partial charge in [0.1, 0.15) is 18.5 Å². The van der Waals surface area contributed by atoms with E-state index in [0.29, 0.717) is 6.54 Å². The number of hydrogen-bond acceptors (Lipinski definition) is 3. The van der Waals surface area contributed by atoms with Gasteiger partial charge in [0.05, 0.1) is 0 Å². The zero-order valence-electron chi connectivity index (χ0n) is 13.0. The molecule has 0 heterocycles. The van der Waals surface area contributed by atoms with E-state index >= 15 is 0 Å². The number of aryl methyl sites for hydroxylation is 1. The van der Waals surface area contributed by atoms with Gasteiger partial charge in [-0.1, -0.05) is 35.9 Å². The van der Waals surface area contributed by atoms with Crippen LogP contribution in [0.4, 0.5) is 0 Å². The number of nitrogens with zero attached hydrogens (tertiary/aromatic N) is 1. The molecule has 3 nitrogen and oxygen atoms in total. The standard InChI is InChI=1S/C18H22ClNO2/c1-14-4-3-5-18(10-14)22-13-17(21)12-20(2)11-15-6-8-16(19)9-7-15/h3-10,17,21H,11-13H2,1-2H3. The quantitative estimate of drug-likeness (QED) is 0.847. The van der Waals surface area contributed by atoms with Crippen LogP contribution in [0.5, 0.6) is 5.75 Å². The van der Waals surface area contributed by atoms with Crippen LogP contribution in [0.3, 0.4) is 0 Å². The highest BCUT2D eigenvalue weighted by Gasteiger charge is 2.10. The van der Waals surface area contributed by atoms with E-state index in [0.717, 1.165) is 22.9 Å². The third-order valence-corrected chi connectivity index (χ3v) is 3.57. The summed E-state index contributed by atoms with van der Waals surface area (Å²) < 4.78 is 5.62. The average Bonchev–Trinajstić information content (AvgIpc) is 2.47. The lowest BCUT2D eigenvalue weighted by Gasteiger charge is -2.21. The van der Waals surface area contributed by atoms with Crippen LogP contribution in [0.25, 0.3) is 0 Å². The van der Waals surface area contributed by atoms with Gasteiger partial charge in [0, 0.05) is 18.1 Å². The molecule has 0 saturated carbocycles.